The molecule has 0 atom stereocenters. The lowest BCUT2D eigenvalue weighted by molar-refractivity contribution is 0.102. The van der Waals surface area contributed by atoms with Crippen molar-refractivity contribution in [3.8, 4) is 0 Å². The summed E-state index contributed by atoms with van der Waals surface area (Å²) in [6.07, 6.45) is 1.53. The average Bonchev–Trinajstić information content (AvgIpc) is 2.81. The lowest BCUT2D eigenvalue weighted by Crippen LogP contribution is -2.11. The van der Waals surface area contributed by atoms with Gasteiger partial charge in [-0.1, -0.05) is 41.1 Å². The molecule has 1 aromatic carbocycles. The third-order valence-electron chi connectivity index (χ3n) is 2.47. The van der Waals surface area contributed by atoms with Crippen molar-refractivity contribution in [1.29, 1.82) is 0 Å². The van der Waals surface area contributed by atoms with Crippen LogP contribution in [0.4, 0.5) is 5.13 Å². The second-order valence-electron chi connectivity index (χ2n) is 3.81. The summed E-state index contributed by atoms with van der Waals surface area (Å²) in [6.45, 7) is 0. The third kappa shape index (κ3) is 2.57. The molecule has 0 unspecified atom stereocenters. The quantitative estimate of drug-likeness (QED) is 0.784. The van der Waals surface area contributed by atoms with E-state index in [9.17, 15) is 4.79 Å². The summed E-state index contributed by atoms with van der Waals surface area (Å²) in [5.41, 5.74) is 1.17. The molecule has 0 bridgehead atoms. The van der Waals surface area contributed by atoms with Gasteiger partial charge in [0.2, 0.25) is 0 Å². The van der Waals surface area contributed by atoms with Crippen molar-refractivity contribution in [2.45, 2.75) is 0 Å². The van der Waals surface area contributed by atoms with E-state index in [-0.39, 0.29) is 5.91 Å². The minimum atomic E-state index is -0.189. The van der Waals surface area contributed by atoms with Gasteiger partial charge in [0.15, 0.2) is 10.8 Å². The largest absolute Gasteiger partial charge is 0.298 e. The molecule has 2 aromatic heterocycles. The number of pyridine rings is 1. The number of aromatic nitrogens is 2. The number of halogens is 1. The number of fused-ring (bicyclic) bond motifs is 1. The smallest absolute Gasteiger partial charge is 0.257 e. The predicted octanol–water partition coefficient (Wildman–Crippen LogP) is 3.60. The number of anilines is 1. The van der Waals surface area contributed by atoms with E-state index in [4.69, 9.17) is 11.6 Å². The van der Waals surface area contributed by atoms with E-state index in [1.165, 1.54) is 17.5 Å². The maximum absolute atomic E-state index is 12.0. The summed E-state index contributed by atoms with van der Waals surface area (Å²) in [5.74, 6) is -0.189. The Balaban J connectivity index is 1.87. The Morgan fingerprint density at radius 3 is 2.84 bits per heavy atom. The van der Waals surface area contributed by atoms with Crippen LogP contribution in [0, 0.1) is 0 Å². The highest BCUT2D eigenvalue weighted by Gasteiger charge is 2.10. The van der Waals surface area contributed by atoms with Gasteiger partial charge in [0.1, 0.15) is 0 Å². The van der Waals surface area contributed by atoms with E-state index in [0.29, 0.717) is 21.4 Å². The summed E-state index contributed by atoms with van der Waals surface area (Å²) < 4.78 is 0.843. The molecule has 0 aliphatic carbocycles. The summed E-state index contributed by atoms with van der Waals surface area (Å²) >= 11 is 7.20. The third-order valence-corrected chi connectivity index (χ3v) is 3.58. The molecule has 0 spiro atoms. The van der Waals surface area contributed by atoms with E-state index in [0.717, 1.165) is 4.70 Å². The zero-order chi connectivity index (χ0) is 13.2. The van der Waals surface area contributed by atoms with E-state index >= 15 is 0 Å². The maximum atomic E-state index is 12.0. The number of nitrogens with zero attached hydrogens (tertiary/aromatic N) is 2. The Hall–Kier alpha value is -1.98. The van der Waals surface area contributed by atoms with Crippen LogP contribution in [0.1, 0.15) is 10.4 Å². The van der Waals surface area contributed by atoms with Crippen molar-refractivity contribution >= 4 is 44.3 Å². The topological polar surface area (TPSA) is 54.9 Å². The minimum Gasteiger partial charge on any atom is -0.298 e. The van der Waals surface area contributed by atoms with Gasteiger partial charge in [-0.05, 0) is 18.2 Å². The number of hydrogen-bond acceptors (Lipinski definition) is 4. The molecular weight excluding hydrogens is 282 g/mol. The Kier molecular flexibility index (Phi) is 3.15. The molecule has 0 saturated carbocycles. The SMILES string of the molecule is O=C(Nc1nc2ncc(Cl)cc2s1)c1ccccc1. The fourth-order valence-corrected chi connectivity index (χ4v) is 2.69. The summed E-state index contributed by atoms with van der Waals surface area (Å²) in [5, 5.41) is 3.82. The number of nitrogens with one attached hydrogen (secondary N) is 1. The first-order valence-electron chi connectivity index (χ1n) is 5.51. The van der Waals surface area contributed by atoms with E-state index < -0.39 is 0 Å². The molecule has 3 aromatic rings. The molecule has 0 aliphatic rings. The van der Waals surface area contributed by atoms with Crippen LogP contribution < -0.4 is 5.32 Å². The average molecular weight is 290 g/mol. The molecule has 4 nitrogen and oxygen atoms in total. The number of benzene rings is 1. The lowest BCUT2D eigenvalue weighted by atomic mass is 10.2. The highest BCUT2D eigenvalue weighted by atomic mass is 35.5. The molecule has 2 heterocycles. The van der Waals surface area contributed by atoms with Gasteiger partial charge in [-0.2, -0.15) is 4.98 Å². The van der Waals surface area contributed by atoms with Crippen molar-refractivity contribution in [3.05, 3.63) is 53.2 Å². The monoisotopic (exact) mass is 289 g/mol. The van der Waals surface area contributed by atoms with E-state index in [2.05, 4.69) is 15.3 Å². The zero-order valence-corrected chi connectivity index (χ0v) is 11.2. The first kappa shape index (κ1) is 12.1. The Morgan fingerprint density at radius 1 is 1.26 bits per heavy atom. The number of rotatable bonds is 2. The van der Waals surface area contributed by atoms with Crippen LogP contribution in [0.25, 0.3) is 10.3 Å². The Bertz CT molecular complexity index is 742. The molecule has 0 saturated heterocycles. The normalized spacial score (nSPS) is 10.6. The number of carbonyl (C=O) groups excluding carboxylic acids is 1. The number of amides is 1. The molecular formula is C13H8ClN3OS. The second kappa shape index (κ2) is 4.95. The standard InChI is InChI=1S/C13H8ClN3OS/c14-9-6-10-11(15-7-9)16-13(19-10)17-12(18)8-4-2-1-3-5-8/h1-7H,(H,15,16,17,18). The zero-order valence-electron chi connectivity index (χ0n) is 9.63. The molecule has 0 radical (unpaired) electrons. The van der Waals surface area contributed by atoms with Gasteiger partial charge < -0.3 is 0 Å². The van der Waals surface area contributed by atoms with Gasteiger partial charge in [-0.25, -0.2) is 4.98 Å². The molecule has 0 aliphatic heterocycles. The molecule has 19 heavy (non-hydrogen) atoms. The lowest BCUT2D eigenvalue weighted by Gasteiger charge is -1.99. The first-order chi connectivity index (χ1) is 9.22. The van der Waals surface area contributed by atoms with E-state index in [1.807, 2.05) is 18.2 Å². The van der Waals surface area contributed by atoms with Crippen LogP contribution in [-0.2, 0) is 0 Å². The number of hydrogen-bond donors (Lipinski definition) is 1. The maximum Gasteiger partial charge on any atom is 0.257 e. The summed E-state index contributed by atoms with van der Waals surface area (Å²) in [6, 6.07) is 10.8. The fraction of sp³-hybridized carbons (Fsp3) is 0. The van der Waals surface area contributed by atoms with Gasteiger partial charge in [0.25, 0.3) is 5.91 Å². The molecule has 3 rings (SSSR count). The molecule has 1 amide bonds. The minimum absolute atomic E-state index is 0.189. The molecule has 6 heteroatoms. The number of thiazole rings is 1. The van der Waals surface area contributed by atoms with Crippen LogP contribution in [0.2, 0.25) is 5.02 Å². The van der Waals surface area contributed by atoms with Crippen LogP contribution >= 0.6 is 22.9 Å². The van der Waals surface area contributed by atoms with Crippen molar-refractivity contribution < 1.29 is 4.79 Å². The second-order valence-corrected chi connectivity index (χ2v) is 5.28. The van der Waals surface area contributed by atoms with Crippen molar-refractivity contribution in [2.75, 3.05) is 5.32 Å². The van der Waals surface area contributed by atoms with Crippen LogP contribution in [0.5, 0.6) is 0 Å². The van der Waals surface area contributed by atoms with E-state index in [1.54, 1.807) is 18.2 Å². The Labute approximate surface area is 118 Å². The van der Waals surface area contributed by atoms with Crippen molar-refractivity contribution in [2.24, 2.45) is 0 Å². The highest BCUT2D eigenvalue weighted by Crippen LogP contribution is 2.26. The fourth-order valence-electron chi connectivity index (χ4n) is 1.61. The van der Waals surface area contributed by atoms with Gasteiger partial charge in [0.05, 0.1) is 9.72 Å². The van der Waals surface area contributed by atoms with Gasteiger partial charge in [0, 0.05) is 11.8 Å². The Morgan fingerprint density at radius 2 is 2.05 bits per heavy atom. The summed E-state index contributed by atoms with van der Waals surface area (Å²) in [4.78, 5) is 20.3. The van der Waals surface area contributed by atoms with Gasteiger partial charge in [-0.3, -0.25) is 10.1 Å². The number of carbonyl (C=O) groups is 1. The van der Waals surface area contributed by atoms with Crippen LogP contribution in [0.15, 0.2) is 42.6 Å². The molecule has 1 N–H and O–H groups in total. The van der Waals surface area contributed by atoms with Crippen LogP contribution in [0.3, 0.4) is 0 Å². The molecule has 0 fully saturated rings. The van der Waals surface area contributed by atoms with Gasteiger partial charge in [-0.15, -0.1) is 0 Å². The van der Waals surface area contributed by atoms with Crippen LogP contribution in [-0.4, -0.2) is 15.9 Å². The highest BCUT2D eigenvalue weighted by molar-refractivity contribution is 7.22. The van der Waals surface area contributed by atoms with Gasteiger partial charge >= 0.3 is 0 Å². The summed E-state index contributed by atoms with van der Waals surface area (Å²) in [7, 11) is 0. The first-order valence-corrected chi connectivity index (χ1v) is 6.70. The van der Waals surface area contributed by atoms with Crippen molar-refractivity contribution in [3.63, 3.8) is 0 Å². The predicted molar refractivity (Wildman–Crippen MR) is 76.8 cm³/mol. The molecule has 94 valence electrons. The van der Waals surface area contributed by atoms with Crippen molar-refractivity contribution in [1.82, 2.24) is 9.97 Å².